The van der Waals surface area contributed by atoms with Crippen LogP contribution < -0.4 is 5.32 Å². The van der Waals surface area contributed by atoms with Crippen LogP contribution in [0, 0.1) is 0 Å². The van der Waals surface area contributed by atoms with E-state index in [2.05, 4.69) is 12.2 Å². The van der Waals surface area contributed by atoms with E-state index in [-0.39, 0.29) is 6.10 Å². The van der Waals surface area contributed by atoms with Crippen LogP contribution in [0.15, 0.2) is 0 Å². The molecule has 2 unspecified atom stereocenters. The topological polar surface area (TPSA) is 67.8 Å². The summed E-state index contributed by atoms with van der Waals surface area (Å²) in [7, 11) is 0. The summed E-state index contributed by atoms with van der Waals surface area (Å²) in [5.41, 5.74) is -0.789. The van der Waals surface area contributed by atoms with Crippen molar-refractivity contribution < 1.29 is 19.4 Å². The summed E-state index contributed by atoms with van der Waals surface area (Å²) in [6.07, 6.45) is 4.22. The first-order valence-electron chi connectivity index (χ1n) is 7.32. The highest BCUT2D eigenvalue weighted by Crippen LogP contribution is 2.32. The van der Waals surface area contributed by atoms with Crippen LogP contribution in [0.2, 0.25) is 0 Å². The Kier molecular flexibility index (Phi) is 7.34. The molecule has 1 saturated carbocycles. The van der Waals surface area contributed by atoms with E-state index in [9.17, 15) is 9.90 Å². The zero-order valence-electron chi connectivity index (χ0n) is 12.1. The Morgan fingerprint density at radius 1 is 1.37 bits per heavy atom. The fourth-order valence-corrected chi connectivity index (χ4v) is 2.53. The van der Waals surface area contributed by atoms with Gasteiger partial charge in [0.2, 0.25) is 0 Å². The standard InChI is InChI=1S/C14H27NO4/c1-3-5-8-18-9-10-19-12-6-7-14(11-12,13(16)17)15-4-2/h12,15H,3-11H2,1-2H3,(H,16,17). The van der Waals surface area contributed by atoms with Gasteiger partial charge in [-0.1, -0.05) is 20.3 Å². The van der Waals surface area contributed by atoms with Gasteiger partial charge < -0.3 is 19.9 Å². The maximum atomic E-state index is 11.4. The molecule has 2 N–H and O–H groups in total. The Hall–Kier alpha value is -0.650. The molecule has 0 aromatic heterocycles. The lowest BCUT2D eigenvalue weighted by atomic mass is 9.98. The van der Waals surface area contributed by atoms with Crippen molar-refractivity contribution in [3.63, 3.8) is 0 Å². The van der Waals surface area contributed by atoms with E-state index in [1.165, 1.54) is 0 Å². The summed E-state index contributed by atoms with van der Waals surface area (Å²) in [5.74, 6) is -0.764. The second-order valence-corrected chi connectivity index (χ2v) is 5.12. The van der Waals surface area contributed by atoms with Gasteiger partial charge in [-0.25, -0.2) is 0 Å². The summed E-state index contributed by atoms with van der Waals surface area (Å²) in [5, 5.41) is 12.4. The van der Waals surface area contributed by atoms with E-state index >= 15 is 0 Å². The summed E-state index contributed by atoms with van der Waals surface area (Å²) >= 11 is 0. The number of carboxylic acids is 1. The van der Waals surface area contributed by atoms with E-state index in [0.29, 0.717) is 32.6 Å². The lowest BCUT2D eigenvalue weighted by Crippen LogP contribution is -2.50. The summed E-state index contributed by atoms with van der Waals surface area (Å²) in [6.45, 7) is 6.65. The van der Waals surface area contributed by atoms with Gasteiger partial charge >= 0.3 is 5.97 Å². The number of unbranched alkanes of at least 4 members (excludes halogenated alkanes) is 1. The highest BCUT2D eigenvalue weighted by Gasteiger charge is 2.45. The number of likely N-dealkylation sites (N-methyl/N-ethyl adjacent to an activating group) is 1. The minimum absolute atomic E-state index is 0.0323. The first kappa shape index (κ1) is 16.4. The summed E-state index contributed by atoms with van der Waals surface area (Å²) in [6, 6.07) is 0. The van der Waals surface area contributed by atoms with Crippen LogP contribution in [-0.4, -0.2) is 49.1 Å². The van der Waals surface area contributed by atoms with Gasteiger partial charge in [0.15, 0.2) is 0 Å². The average molecular weight is 273 g/mol. The number of carboxylic acid groups (broad SMARTS) is 1. The first-order valence-corrected chi connectivity index (χ1v) is 7.32. The van der Waals surface area contributed by atoms with Crippen molar-refractivity contribution in [1.29, 1.82) is 0 Å². The SMILES string of the molecule is CCCCOCCOC1CCC(NCC)(C(=O)O)C1. The lowest BCUT2D eigenvalue weighted by Gasteiger charge is -2.25. The molecular formula is C14H27NO4. The van der Waals surface area contributed by atoms with Gasteiger partial charge in [0.1, 0.15) is 5.54 Å². The quantitative estimate of drug-likeness (QED) is 0.594. The molecule has 5 nitrogen and oxygen atoms in total. The molecule has 5 heteroatoms. The van der Waals surface area contributed by atoms with Gasteiger partial charge in [0, 0.05) is 13.0 Å². The molecule has 1 fully saturated rings. The molecule has 0 aromatic carbocycles. The lowest BCUT2D eigenvalue weighted by molar-refractivity contribution is -0.145. The zero-order chi connectivity index (χ0) is 14.1. The van der Waals surface area contributed by atoms with Crippen molar-refractivity contribution >= 4 is 5.97 Å². The van der Waals surface area contributed by atoms with Crippen molar-refractivity contribution in [2.45, 2.75) is 57.6 Å². The van der Waals surface area contributed by atoms with E-state index in [0.717, 1.165) is 25.9 Å². The normalized spacial score (nSPS) is 26.7. The van der Waals surface area contributed by atoms with E-state index in [4.69, 9.17) is 9.47 Å². The number of rotatable bonds is 10. The van der Waals surface area contributed by atoms with E-state index in [1.54, 1.807) is 0 Å². The van der Waals surface area contributed by atoms with Crippen LogP contribution in [0.3, 0.4) is 0 Å². The van der Waals surface area contributed by atoms with Crippen LogP contribution in [0.25, 0.3) is 0 Å². The van der Waals surface area contributed by atoms with Crippen LogP contribution in [0.5, 0.6) is 0 Å². The maximum Gasteiger partial charge on any atom is 0.323 e. The Morgan fingerprint density at radius 2 is 2.16 bits per heavy atom. The fraction of sp³-hybridized carbons (Fsp3) is 0.929. The highest BCUT2D eigenvalue weighted by molar-refractivity contribution is 5.79. The third-order valence-electron chi connectivity index (χ3n) is 3.62. The molecular weight excluding hydrogens is 246 g/mol. The number of aliphatic carboxylic acids is 1. The molecule has 0 amide bonds. The van der Waals surface area contributed by atoms with Crippen LogP contribution in [-0.2, 0) is 14.3 Å². The van der Waals surface area contributed by atoms with Gasteiger partial charge in [-0.05, 0) is 25.8 Å². The second kappa shape index (κ2) is 8.51. The molecule has 0 aliphatic heterocycles. The van der Waals surface area contributed by atoms with Crippen molar-refractivity contribution in [1.82, 2.24) is 5.32 Å². The largest absolute Gasteiger partial charge is 0.480 e. The Bertz CT molecular complexity index is 272. The van der Waals surface area contributed by atoms with Crippen molar-refractivity contribution in [2.75, 3.05) is 26.4 Å². The molecule has 0 heterocycles. The number of carbonyl (C=O) groups is 1. The number of ether oxygens (including phenoxy) is 2. The van der Waals surface area contributed by atoms with Crippen molar-refractivity contribution in [3.05, 3.63) is 0 Å². The molecule has 2 atom stereocenters. The maximum absolute atomic E-state index is 11.4. The van der Waals surface area contributed by atoms with E-state index in [1.807, 2.05) is 6.92 Å². The summed E-state index contributed by atoms with van der Waals surface area (Å²) < 4.78 is 11.1. The molecule has 19 heavy (non-hydrogen) atoms. The molecule has 0 bridgehead atoms. The fourth-order valence-electron chi connectivity index (χ4n) is 2.53. The highest BCUT2D eigenvalue weighted by atomic mass is 16.5. The molecule has 1 aliphatic carbocycles. The van der Waals surface area contributed by atoms with Crippen LogP contribution >= 0.6 is 0 Å². The van der Waals surface area contributed by atoms with Crippen LogP contribution in [0.1, 0.15) is 46.0 Å². The number of hydrogen-bond donors (Lipinski definition) is 2. The van der Waals surface area contributed by atoms with Crippen molar-refractivity contribution in [3.8, 4) is 0 Å². The predicted octanol–water partition coefficient (Wildman–Crippen LogP) is 1.81. The zero-order valence-corrected chi connectivity index (χ0v) is 12.1. The minimum Gasteiger partial charge on any atom is -0.480 e. The smallest absolute Gasteiger partial charge is 0.323 e. The number of nitrogens with one attached hydrogen (secondary N) is 1. The molecule has 0 spiro atoms. The molecule has 1 aliphatic rings. The van der Waals surface area contributed by atoms with Gasteiger partial charge in [0.05, 0.1) is 19.3 Å². The third kappa shape index (κ3) is 5.09. The van der Waals surface area contributed by atoms with Gasteiger partial charge in [-0.3, -0.25) is 4.79 Å². The molecule has 0 radical (unpaired) electrons. The number of hydrogen-bond acceptors (Lipinski definition) is 4. The van der Waals surface area contributed by atoms with Gasteiger partial charge in [-0.15, -0.1) is 0 Å². The molecule has 0 saturated heterocycles. The molecule has 0 aromatic rings. The Morgan fingerprint density at radius 3 is 2.79 bits per heavy atom. The second-order valence-electron chi connectivity index (χ2n) is 5.12. The Labute approximate surface area is 115 Å². The first-order chi connectivity index (χ1) is 9.14. The monoisotopic (exact) mass is 273 g/mol. The molecule has 112 valence electrons. The van der Waals surface area contributed by atoms with Gasteiger partial charge in [-0.2, -0.15) is 0 Å². The summed E-state index contributed by atoms with van der Waals surface area (Å²) in [4.78, 5) is 11.4. The third-order valence-corrected chi connectivity index (χ3v) is 3.62. The average Bonchev–Trinajstić information content (AvgIpc) is 2.79. The van der Waals surface area contributed by atoms with E-state index < -0.39 is 11.5 Å². The van der Waals surface area contributed by atoms with Crippen LogP contribution in [0.4, 0.5) is 0 Å². The predicted molar refractivity (Wildman–Crippen MR) is 73.4 cm³/mol. The molecule has 1 rings (SSSR count). The minimum atomic E-state index is -0.789. The van der Waals surface area contributed by atoms with Gasteiger partial charge in [0.25, 0.3) is 0 Å². The van der Waals surface area contributed by atoms with Crippen molar-refractivity contribution in [2.24, 2.45) is 0 Å². The Balaban J connectivity index is 2.21.